The summed E-state index contributed by atoms with van der Waals surface area (Å²) in [6.07, 6.45) is 1.54. The number of halogens is 2. The molecule has 3 aromatic rings. The lowest BCUT2D eigenvalue weighted by molar-refractivity contribution is 0.101. The molecular formula is C15H9BrClN3O2. The van der Waals surface area contributed by atoms with Crippen LogP contribution in [0, 0.1) is 0 Å². The number of aromatic nitrogens is 2. The molecule has 1 N–H and O–H groups in total. The number of carbonyl (C=O) groups excluding carboxylic acids is 1. The van der Waals surface area contributed by atoms with Gasteiger partial charge in [-0.05, 0) is 52.3 Å². The van der Waals surface area contributed by atoms with Gasteiger partial charge < -0.3 is 9.84 Å². The van der Waals surface area contributed by atoms with E-state index in [1.807, 2.05) is 0 Å². The number of carbonyl (C=O) groups is 1. The number of pyridine rings is 1. The van der Waals surface area contributed by atoms with Gasteiger partial charge in [-0.15, -0.1) is 0 Å². The van der Waals surface area contributed by atoms with E-state index in [2.05, 4.69) is 31.4 Å². The molecule has 0 radical (unpaired) electrons. The predicted octanol–water partition coefficient (Wildman–Crippen LogP) is 4.40. The van der Waals surface area contributed by atoms with Crippen molar-refractivity contribution in [3.8, 4) is 11.3 Å². The highest BCUT2D eigenvalue weighted by molar-refractivity contribution is 9.10. The second-order valence-electron chi connectivity index (χ2n) is 4.41. The topological polar surface area (TPSA) is 68.0 Å². The van der Waals surface area contributed by atoms with Crippen LogP contribution in [0.4, 0.5) is 5.69 Å². The molecule has 0 saturated heterocycles. The van der Waals surface area contributed by atoms with E-state index >= 15 is 0 Å². The van der Waals surface area contributed by atoms with Crippen LogP contribution in [0.15, 0.2) is 57.8 Å². The van der Waals surface area contributed by atoms with Crippen LogP contribution in [-0.2, 0) is 0 Å². The Hall–Kier alpha value is -2.18. The molecule has 0 spiro atoms. The fourth-order valence-corrected chi connectivity index (χ4v) is 2.14. The Bertz CT molecular complexity index is 800. The Balaban J connectivity index is 1.76. The van der Waals surface area contributed by atoms with E-state index in [0.717, 1.165) is 5.56 Å². The lowest BCUT2D eigenvalue weighted by Gasteiger charge is -2.01. The zero-order chi connectivity index (χ0) is 15.5. The quantitative estimate of drug-likeness (QED) is 0.686. The van der Waals surface area contributed by atoms with Crippen molar-refractivity contribution in [2.45, 2.75) is 0 Å². The third-order valence-corrected chi connectivity index (χ3v) is 3.58. The molecule has 110 valence electrons. The number of anilines is 1. The normalized spacial score (nSPS) is 10.5. The molecule has 1 aromatic carbocycles. The zero-order valence-corrected chi connectivity index (χ0v) is 13.4. The van der Waals surface area contributed by atoms with Gasteiger partial charge in [0.15, 0.2) is 11.5 Å². The van der Waals surface area contributed by atoms with Gasteiger partial charge in [-0.2, -0.15) is 0 Å². The minimum atomic E-state index is -0.368. The molecule has 0 aliphatic carbocycles. The maximum absolute atomic E-state index is 12.1. The third kappa shape index (κ3) is 3.35. The largest absolute Gasteiger partial charge is 0.355 e. The molecule has 0 atom stereocenters. The van der Waals surface area contributed by atoms with Gasteiger partial charge in [0.25, 0.3) is 5.91 Å². The summed E-state index contributed by atoms with van der Waals surface area (Å²) in [4.78, 5) is 16.1. The second-order valence-corrected chi connectivity index (χ2v) is 5.66. The van der Waals surface area contributed by atoms with Crippen molar-refractivity contribution < 1.29 is 9.32 Å². The van der Waals surface area contributed by atoms with Crippen LogP contribution >= 0.6 is 27.5 Å². The van der Waals surface area contributed by atoms with E-state index in [0.29, 0.717) is 21.1 Å². The molecule has 5 nitrogen and oxygen atoms in total. The molecule has 22 heavy (non-hydrogen) atoms. The molecule has 0 fully saturated rings. The van der Waals surface area contributed by atoms with Crippen LogP contribution in [0.25, 0.3) is 11.3 Å². The Labute approximate surface area is 139 Å². The van der Waals surface area contributed by atoms with Crippen molar-refractivity contribution in [1.82, 2.24) is 10.1 Å². The van der Waals surface area contributed by atoms with E-state index in [4.69, 9.17) is 16.1 Å². The molecule has 0 aliphatic heterocycles. The lowest BCUT2D eigenvalue weighted by atomic mass is 10.1. The molecule has 7 heteroatoms. The van der Waals surface area contributed by atoms with Gasteiger partial charge in [0.2, 0.25) is 0 Å². The molecular weight excluding hydrogens is 370 g/mol. The highest BCUT2D eigenvalue weighted by atomic mass is 79.9. The standard InChI is InChI=1S/C15H9BrClN3O2/c16-14-6-5-11(8-18-14)19-15(21)12-7-13(22-20-12)9-1-3-10(17)4-2-9/h1-8H,(H,19,21). The maximum Gasteiger partial charge on any atom is 0.277 e. The SMILES string of the molecule is O=C(Nc1ccc(Br)nc1)c1cc(-c2ccc(Cl)cc2)on1. The number of nitrogens with one attached hydrogen (secondary N) is 1. The fourth-order valence-electron chi connectivity index (χ4n) is 1.78. The van der Waals surface area contributed by atoms with Gasteiger partial charge in [-0.1, -0.05) is 16.8 Å². The van der Waals surface area contributed by atoms with E-state index in [-0.39, 0.29) is 11.6 Å². The first kappa shape index (κ1) is 14.7. The first-order chi connectivity index (χ1) is 10.6. The average Bonchev–Trinajstić information content (AvgIpc) is 3.00. The first-order valence-corrected chi connectivity index (χ1v) is 7.44. The summed E-state index contributed by atoms with van der Waals surface area (Å²) >= 11 is 9.07. The third-order valence-electron chi connectivity index (χ3n) is 2.86. The summed E-state index contributed by atoms with van der Waals surface area (Å²) in [5, 5.41) is 7.10. The van der Waals surface area contributed by atoms with E-state index in [9.17, 15) is 4.79 Å². The van der Waals surface area contributed by atoms with Crippen LogP contribution in [-0.4, -0.2) is 16.0 Å². The molecule has 0 bridgehead atoms. The molecule has 1 amide bonds. The van der Waals surface area contributed by atoms with Crippen LogP contribution < -0.4 is 5.32 Å². The Kier molecular flexibility index (Phi) is 4.22. The molecule has 2 aromatic heterocycles. The molecule has 0 aliphatic rings. The summed E-state index contributed by atoms with van der Waals surface area (Å²) in [5.74, 6) is 0.129. The van der Waals surface area contributed by atoms with Crippen molar-refractivity contribution in [1.29, 1.82) is 0 Å². The van der Waals surface area contributed by atoms with Gasteiger partial charge >= 0.3 is 0 Å². The number of benzene rings is 1. The van der Waals surface area contributed by atoms with Gasteiger partial charge in [-0.25, -0.2) is 4.98 Å². The summed E-state index contributed by atoms with van der Waals surface area (Å²) in [7, 11) is 0. The van der Waals surface area contributed by atoms with Crippen LogP contribution in [0.1, 0.15) is 10.5 Å². The van der Waals surface area contributed by atoms with Gasteiger partial charge in [-0.3, -0.25) is 4.79 Å². The van der Waals surface area contributed by atoms with E-state index in [1.54, 1.807) is 48.7 Å². The monoisotopic (exact) mass is 377 g/mol. The smallest absolute Gasteiger partial charge is 0.277 e. The Morgan fingerprint density at radius 3 is 2.64 bits per heavy atom. The highest BCUT2D eigenvalue weighted by Crippen LogP contribution is 2.22. The number of amides is 1. The zero-order valence-electron chi connectivity index (χ0n) is 11.1. The van der Waals surface area contributed by atoms with E-state index in [1.165, 1.54) is 0 Å². The molecule has 0 unspecified atom stereocenters. The molecule has 3 rings (SSSR count). The maximum atomic E-state index is 12.1. The number of rotatable bonds is 3. The summed E-state index contributed by atoms with van der Waals surface area (Å²) < 4.78 is 5.88. The van der Waals surface area contributed by atoms with Crippen molar-refractivity contribution in [2.75, 3.05) is 5.32 Å². The Morgan fingerprint density at radius 2 is 1.95 bits per heavy atom. The van der Waals surface area contributed by atoms with Crippen LogP contribution in [0.3, 0.4) is 0 Å². The van der Waals surface area contributed by atoms with Gasteiger partial charge in [0.1, 0.15) is 4.60 Å². The fraction of sp³-hybridized carbons (Fsp3) is 0. The minimum Gasteiger partial charge on any atom is -0.355 e. The first-order valence-electron chi connectivity index (χ1n) is 6.27. The molecule has 2 heterocycles. The number of hydrogen-bond donors (Lipinski definition) is 1. The second kappa shape index (κ2) is 6.29. The molecule has 0 saturated carbocycles. The van der Waals surface area contributed by atoms with Crippen molar-refractivity contribution in [3.63, 3.8) is 0 Å². The number of nitrogens with zero attached hydrogens (tertiary/aromatic N) is 2. The van der Waals surface area contributed by atoms with Gasteiger partial charge in [0, 0.05) is 16.7 Å². The van der Waals surface area contributed by atoms with Crippen LogP contribution in [0.5, 0.6) is 0 Å². The summed E-state index contributed by atoms with van der Waals surface area (Å²) in [6, 6.07) is 12.1. The highest BCUT2D eigenvalue weighted by Gasteiger charge is 2.14. The Morgan fingerprint density at radius 1 is 1.18 bits per heavy atom. The summed E-state index contributed by atoms with van der Waals surface area (Å²) in [5.41, 5.74) is 1.55. The predicted molar refractivity (Wildman–Crippen MR) is 86.8 cm³/mol. The summed E-state index contributed by atoms with van der Waals surface area (Å²) in [6.45, 7) is 0. The lowest BCUT2D eigenvalue weighted by Crippen LogP contribution is -2.12. The number of hydrogen-bond acceptors (Lipinski definition) is 4. The minimum absolute atomic E-state index is 0.188. The van der Waals surface area contributed by atoms with Crippen molar-refractivity contribution >= 4 is 39.1 Å². The van der Waals surface area contributed by atoms with Gasteiger partial charge in [0.05, 0.1) is 11.9 Å². The van der Waals surface area contributed by atoms with Crippen molar-refractivity contribution in [2.24, 2.45) is 0 Å². The average molecular weight is 379 g/mol. The van der Waals surface area contributed by atoms with E-state index < -0.39 is 0 Å². The van der Waals surface area contributed by atoms with Crippen molar-refractivity contribution in [3.05, 3.63) is 64.0 Å². The van der Waals surface area contributed by atoms with Crippen LogP contribution in [0.2, 0.25) is 5.02 Å².